The molecule has 0 atom stereocenters. The van der Waals surface area contributed by atoms with E-state index in [2.05, 4.69) is 0 Å². The lowest BCUT2D eigenvalue weighted by Gasteiger charge is -2.16. The standard InChI is InChI=1S/C20H24ClNO3/c1-5-24-17-7-6-8-18(25-12-11-22(3)4)19(17)20(23)15-9-10-16(21)14(2)13-15/h6-10,13H,5,11-12H2,1-4H3. The van der Waals surface area contributed by atoms with Crippen molar-refractivity contribution in [2.24, 2.45) is 0 Å². The third-order valence-corrected chi connectivity index (χ3v) is 4.16. The lowest BCUT2D eigenvalue weighted by molar-refractivity contribution is 0.103. The van der Waals surface area contributed by atoms with Crippen molar-refractivity contribution in [2.75, 3.05) is 33.9 Å². The van der Waals surface area contributed by atoms with Gasteiger partial charge in [0.25, 0.3) is 0 Å². The molecule has 0 spiro atoms. The first-order chi connectivity index (χ1) is 11.9. The number of nitrogens with zero attached hydrogens (tertiary/aromatic N) is 1. The Morgan fingerprint density at radius 1 is 1.12 bits per heavy atom. The van der Waals surface area contributed by atoms with Gasteiger partial charge in [0, 0.05) is 17.1 Å². The van der Waals surface area contributed by atoms with E-state index in [-0.39, 0.29) is 5.78 Å². The van der Waals surface area contributed by atoms with Crippen LogP contribution < -0.4 is 9.47 Å². The van der Waals surface area contributed by atoms with Gasteiger partial charge >= 0.3 is 0 Å². The fourth-order valence-corrected chi connectivity index (χ4v) is 2.52. The summed E-state index contributed by atoms with van der Waals surface area (Å²) < 4.78 is 11.5. The van der Waals surface area contributed by atoms with Gasteiger partial charge in [0.05, 0.1) is 6.61 Å². The maximum atomic E-state index is 13.1. The maximum absolute atomic E-state index is 13.1. The number of rotatable bonds is 8. The molecule has 0 amide bonds. The van der Waals surface area contributed by atoms with E-state index in [1.54, 1.807) is 30.3 Å². The van der Waals surface area contributed by atoms with E-state index in [1.807, 2.05) is 38.9 Å². The van der Waals surface area contributed by atoms with Crippen LogP contribution in [0.2, 0.25) is 5.02 Å². The molecule has 0 radical (unpaired) electrons. The Kier molecular flexibility index (Phi) is 6.85. The lowest BCUT2D eigenvalue weighted by Crippen LogP contribution is -2.20. The molecule has 0 aliphatic heterocycles. The smallest absolute Gasteiger partial charge is 0.200 e. The molecule has 134 valence electrons. The van der Waals surface area contributed by atoms with E-state index >= 15 is 0 Å². The molecule has 2 aromatic carbocycles. The monoisotopic (exact) mass is 361 g/mol. The number of carbonyl (C=O) groups is 1. The molecule has 0 saturated heterocycles. The number of halogens is 1. The van der Waals surface area contributed by atoms with E-state index in [9.17, 15) is 4.79 Å². The molecule has 0 aromatic heterocycles. The van der Waals surface area contributed by atoms with Gasteiger partial charge in [0.1, 0.15) is 23.7 Å². The van der Waals surface area contributed by atoms with Gasteiger partial charge in [0.2, 0.25) is 5.78 Å². The summed E-state index contributed by atoms with van der Waals surface area (Å²) in [5.41, 5.74) is 1.87. The van der Waals surface area contributed by atoms with Gasteiger partial charge in [-0.05, 0) is 63.8 Å². The summed E-state index contributed by atoms with van der Waals surface area (Å²) in [5.74, 6) is 0.927. The highest BCUT2D eigenvalue weighted by molar-refractivity contribution is 6.31. The molecule has 0 aliphatic rings. The van der Waals surface area contributed by atoms with E-state index in [1.165, 1.54) is 0 Å². The van der Waals surface area contributed by atoms with Crippen molar-refractivity contribution in [3.05, 3.63) is 58.1 Å². The molecular formula is C20H24ClNO3. The summed E-state index contributed by atoms with van der Waals surface area (Å²) in [6, 6.07) is 10.7. The average Bonchev–Trinajstić information content (AvgIpc) is 2.57. The van der Waals surface area contributed by atoms with Crippen LogP contribution in [0.15, 0.2) is 36.4 Å². The molecule has 2 aromatic rings. The first kappa shape index (κ1) is 19.3. The van der Waals surface area contributed by atoms with Crippen molar-refractivity contribution in [1.29, 1.82) is 0 Å². The predicted octanol–water partition coefficient (Wildman–Crippen LogP) is 4.22. The fraction of sp³-hybridized carbons (Fsp3) is 0.350. The normalized spacial score (nSPS) is 10.8. The lowest BCUT2D eigenvalue weighted by atomic mass is 10.00. The quantitative estimate of drug-likeness (QED) is 0.660. The van der Waals surface area contributed by atoms with E-state index in [0.29, 0.717) is 40.9 Å². The number of ketones is 1. The van der Waals surface area contributed by atoms with E-state index < -0.39 is 0 Å². The van der Waals surface area contributed by atoms with Crippen molar-refractivity contribution >= 4 is 17.4 Å². The molecule has 0 bridgehead atoms. The number of ether oxygens (including phenoxy) is 2. The molecule has 0 fully saturated rings. The Labute approximate surface area is 154 Å². The summed E-state index contributed by atoms with van der Waals surface area (Å²) in [5, 5.41) is 0.636. The molecular weight excluding hydrogens is 338 g/mol. The molecule has 0 saturated carbocycles. The summed E-state index contributed by atoms with van der Waals surface area (Å²) in [7, 11) is 3.95. The van der Waals surface area contributed by atoms with Gasteiger partial charge in [-0.2, -0.15) is 0 Å². The number of hydrogen-bond donors (Lipinski definition) is 0. The minimum atomic E-state index is -0.135. The number of hydrogen-bond acceptors (Lipinski definition) is 4. The van der Waals surface area contributed by atoms with Crippen molar-refractivity contribution in [3.8, 4) is 11.5 Å². The SMILES string of the molecule is CCOc1cccc(OCCN(C)C)c1C(=O)c1ccc(Cl)c(C)c1. The second-order valence-electron chi connectivity index (χ2n) is 6.01. The highest BCUT2D eigenvalue weighted by atomic mass is 35.5. The molecule has 25 heavy (non-hydrogen) atoms. The van der Waals surface area contributed by atoms with Crippen LogP contribution in [-0.4, -0.2) is 44.5 Å². The third kappa shape index (κ3) is 4.97. The summed E-state index contributed by atoms with van der Waals surface area (Å²) in [4.78, 5) is 15.1. The fourth-order valence-electron chi connectivity index (χ4n) is 2.40. The van der Waals surface area contributed by atoms with E-state index in [4.69, 9.17) is 21.1 Å². The zero-order valence-electron chi connectivity index (χ0n) is 15.1. The number of benzene rings is 2. The van der Waals surface area contributed by atoms with Crippen LogP contribution in [0, 0.1) is 6.92 Å². The zero-order chi connectivity index (χ0) is 18.4. The highest BCUT2D eigenvalue weighted by Crippen LogP contribution is 2.32. The van der Waals surface area contributed by atoms with Gasteiger partial charge in [-0.3, -0.25) is 4.79 Å². The number of likely N-dealkylation sites (N-methyl/N-ethyl adjacent to an activating group) is 1. The van der Waals surface area contributed by atoms with Crippen molar-refractivity contribution < 1.29 is 14.3 Å². The predicted molar refractivity (Wildman–Crippen MR) is 101 cm³/mol. The van der Waals surface area contributed by atoms with Crippen LogP contribution in [0.1, 0.15) is 28.4 Å². The third-order valence-electron chi connectivity index (χ3n) is 3.73. The minimum absolute atomic E-state index is 0.135. The Balaban J connectivity index is 2.40. The van der Waals surface area contributed by atoms with Crippen LogP contribution in [0.4, 0.5) is 0 Å². The number of aryl methyl sites for hydroxylation is 1. The molecule has 4 nitrogen and oxygen atoms in total. The largest absolute Gasteiger partial charge is 0.493 e. The van der Waals surface area contributed by atoms with Crippen LogP contribution >= 0.6 is 11.6 Å². The van der Waals surface area contributed by atoms with Gasteiger partial charge < -0.3 is 14.4 Å². The Hall–Kier alpha value is -2.04. The summed E-state index contributed by atoms with van der Waals surface area (Å²) in [6.45, 7) is 5.48. The van der Waals surface area contributed by atoms with Gasteiger partial charge in [-0.25, -0.2) is 0 Å². The van der Waals surface area contributed by atoms with Crippen molar-refractivity contribution in [1.82, 2.24) is 4.90 Å². The Bertz CT molecular complexity index is 744. The van der Waals surface area contributed by atoms with Crippen LogP contribution in [-0.2, 0) is 0 Å². The van der Waals surface area contributed by atoms with Crippen LogP contribution in [0.25, 0.3) is 0 Å². The van der Waals surface area contributed by atoms with Gasteiger partial charge in [-0.15, -0.1) is 0 Å². The Morgan fingerprint density at radius 3 is 2.40 bits per heavy atom. The molecule has 0 unspecified atom stereocenters. The first-order valence-electron chi connectivity index (χ1n) is 8.28. The molecule has 0 aliphatic carbocycles. The van der Waals surface area contributed by atoms with Crippen LogP contribution in [0.3, 0.4) is 0 Å². The zero-order valence-corrected chi connectivity index (χ0v) is 15.9. The average molecular weight is 362 g/mol. The minimum Gasteiger partial charge on any atom is -0.493 e. The second-order valence-corrected chi connectivity index (χ2v) is 6.41. The van der Waals surface area contributed by atoms with Crippen molar-refractivity contribution in [2.45, 2.75) is 13.8 Å². The topological polar surface area (TPSA) is 38.8 Å². The maximum Gasteiger partial charge on any atom is 0.200 e. The molecule has 0 heterocycles. The molecule has 2 rings (SSSR count). The Morgan fingerprint density at radius 2 is 1.80 bits per heavy atom. The van der Waals surface area contributed by atoms with Crippen molar-refractivity contribution in [3.63, 3.8) is 0 Å². The first-order valence-corrected chi connectivity index (χ1v) is 8.66. The second kappa shape index (κ2) is 8.88. The summed E-state index contributed by atoms with van der Waals surface area (Å²) in [6.07, 6.45) is 0. The van der Waals surface area contributed by atoms with Gasteiger partial charge in [-0.1, -0.05) is 17.7 Å². The highest BCUT2D eigenvalue weighted by Gasteiger charge is 2.21. The van der Waals surface area contributed by atoms with Gasteiger partial charge in [0.15, 0.2) is 0 Å². The molecule has 5 heteroatoms. The van der Waals surface area contributed by atoms with Crippen LogP contribution in [0.5, 0.6) is 11.5 Å². The summed E-state index contributed by atoms with van der Waals surface area (Å²) >= 11 is 6.08. The number of carbonyl (C=O) groups excluding carboxylic acids is 1. The molecule has 0 N–H and O–H groups in total. The van der Waals surface area contributed by atoms with E-state index in [0.717, 1.165) is 12.1 Å².